The predicted molar refractivity (Wildman–Crippen MR) is 440 cm³/mol. The normalized spacial score (nSPS) is 14.4. The molecule has 3 aliphatic carbocycles. The third kappa shape index (κ3) is 30.3. The number of nitrogens with one attached hydrogen (secondary N) is 4. The second kappa shape index (κ2) is 46.1. The van der Waals surface area contributed by atoms with Crippen molar-refractivity contribution in [3.63, 3.8) is 0 Å². The molecule has 3 aliphatic rings. The Labute approximate surface area is 680 Å². The third-order valence-corrected chi connectivity index (χ3v) is 19.2. The van der Waals surface area contributed by atoms with Gasteiger partial charge in [0.05, 0.1) is 13.7 Å². The third-order valence-electron chi connectivity index (χ3n) is 19.2. The predicted octanol–water partition coefficient (Wildman–Crippen LogP) is 15.1. The number of carbonyl (C=O) groups excluding carboxylic acids is 9. The average molecular weight is 1620 g/mol. The summed E-state index contributed by atoms with van der Waals surface area (Å²) in [6, 6.07) is 36.4. The largest absolute Gasteiger partial charge is 0.480 e. The Bertz CT molecular complexity index is 4220. The first kappa shape index (κ1) is 95.1. The highest BCUT2D eigenvalue weighted by Gasteiger charge is 2.40. The van der Waals surface area contributed by atoms with E-state index in [1.807, 2.05) is 75.4 Å². The highest BCUT2D eigenvalue weighted by molar-refractivity contribution is 6.05. The lowest BCUT2D eigenvalue weighted by molar-refractivity contribution is -0.138. The number of rotatable bonds is 23. The number of likely N-dealkylation sites (N-methyl/N-ethyl adjacent to an activating group) is 4. The zero-order valence-corrected chi connectivity index (χ0v) is 69.6. The maximum Gasteiger partial charge on any atom is 0.410 e. The molecular weight excluding hydrogens is 1500 g/mol. The first-order valence-corrected chi connectivity index (χ1v) is 38.8. The molecule has 6 aromatic rings. The van der Waals surface area contributed by atoms with Gasteiger partial charge in [-0.15, -0.1) is 12.4 Å². The minimum absolute atomic E-state index is 0. The molecule has 9 rings (SSSR count). The number of carboxylic acids is 1. The second-order valence-electron chi connectivity index (χ2n) is 31.0. The van der Waals surface area contributed by atoms with E-state index in [0.717, 1.165) is 127 Å². The highest BCUT2D eigenvalue weighted by Crippen LogP contribution is 2.36. The fraction of sp³-hybridized carbons (Fsp3) is 0.471. The number of methoxy groups -OCH3 is 1. The number of benzene rings is 6. The van der Waals surface area contributed by atoms with Gasteiger partial charge in [-0.1, -0.05) is 149 Å². The Hall–Kier alpha value is -10.5. The molecule has 3 saturated carbocycles. The van der Waals surface area contributed by atoms with Gasteiger partial charge < -0.3 is 55.3 Å². The van der Waals surface area contributed by atoms with Gasteiger partial charge in [0.2, 0.25) is 35.4 Å². The van der Waals surface area contributed by atoms with Gasteiger partial charge in [-0.05, 0) is 196 Å². The van der Waals surface area contributed by atoms with Crippen LogP contribution in [-0.4, -0.2) is 170 Å². The molecule has 9 amide bonds. The zero-order valence-electron chi connectivity index (χ0n) is 68.7. The van der Waals surface area contributed by atoms with Gasteiger partial charge in [0.15, 0.2) is 0 Å². The number of anilines is 3. The monoisotopic (exact) mass is 1620 g/mol. The number of nitrogens with zero attached hydrogens (tertiary/aromatic N) is 6. The SMILES string of the molecule is CN(CC(=O)O)C(=O)OC(C)(C)C.CNCC(=O)N(c1cccc(F)c1)C(C(=O)NC1CCCCC1)c1ccccc1C.COC(=O)N(C)CC(=O)N(c1cccc(F)c1)C(C(=O)NC1CCCCC1)c1ccccc1C.Cc1ccccc1C(C(=O)NC1CCCCC1)N(C(=O)CN(C)C(=O)OC(C)(C)C)c1cccc(F)c1.Cl. The molecular formula is C87H116ClF3N10O14. The van der Waals surface area contributed by atoms with Crippen molar-refractivity contribution in [3.05, 3.63) is 196 Å². The lowest BCUT2D eigenvalue weighted by atomic mass is 9.93. The lowest BCUT2D eigenvalue weighted by Gasteiger charge is -2.35. The van der Waals surface area contributed by atoms with Crippen LogP contribution in [0.25, 0.3) is 0 Å². The molecule has 3 fully saturated rings. The van der Waals surface area contributed by atoms with Crippen molar-refractivity contribution in [2.24, 2.45) is 0 Å². The number of amides is 9. The summed E-state index contributed by atoms with van der Waals surface area (Å²) in [4.78, 5) is 135. The summed E-state index contributed by atoms with van der Waals surface area (Å²) < 4.78 is 57.7. The quantitative estimate of drug-likeness (QED) is 0.0373. The van der Waals surface area contributed by atoms with Crippen LogP contribution in [0.1, 0.15) is 189 Å². The van der Waals surface area contributed by atoms with Crippen molar-refractivity contribution in [1.29, 1.82) is 0 Å². The van der Waals surface area contributed by atoms with Crippen molar-refractivity contribution in [1.82, 2.24) is 36.0 Å². The summed E-state index contributed by atoms with van der Waals surface area (Å²) in [5, 5.41) is 20.7. The van der Waals surface area contributed by atoms with Gasteiger partial charge in [0.25, 0.3) is 0 Å². The van der Waals surface area contributed by atoms with Crippen molar-refractivity contribution in [2.75, 3.05) is 76.2 Å². The molecule has 5 N–H and O–H groups in total. The molecule has 3 unspecified atom stereocenters. The van der Waals surface area contributed by atoms with Crippen molar-refractivity contribution >= 4 is 89.2 Å². The van der Waals surface area contributed by atoms with Crippen molar-refractivity contribution < 1.29 is 80.4 Å². The number of aryl methyl sites for hydroxylation is 3. The van der Waals surface area contributed by atoms with E-state index in [9.17, 15) is 61.1 Å². The van der Waals surface area contributed by atoms with E-state index in [4.69, 9.17) is 19.3 Å². The fourth-order valence-corrected chi connectivity index (χ4v) is 13.7. The molecule has 6 aromatic carbocycles. The van der Waals surface area contributed by atoms with Crippen LogP contribution in [0, 0.1) is 38.2 Å². The molecule has 0 heterocycles. The second-order valence-corrected chi connectivity index (χ2v) is 31.0. The maximum atomic E-state index is 14.4. The number of halogens is 4. The van der Waals surface area contributed by atoms with Gasteiger partial charge in [-0.2, -0.15) is 0 Å². The van der Waals surface area contributed by atoms with Gasteiger partial charge in [0.1, 0.15) is 66.4 Å². The average Bonchev–Trinajstić information content (AvgIpc) is 0.797. The number of hydrogen-bond acceptors (Lipinski definition) is 14. The van der Waals surface area contributed by atoms with E-state index in [2.05, 4.69) is 21.3 Å². The van der Waals surface area contributed by atoms with E-state index in [-0.39, 0.29) is 91.7 Å². The van der Waals surface area contributed by atoms with E-state index in [1.54, 1.807) is 91.1 Å². The molecule has 626 valence electrons. The van der Waals surface area contributed by atoms with Crippen LogP contribution in [0.2, 0.25) is 0 Å². The first-order chi connectivity index (χ1) is 54.0. The van der Waals surface area contributed by atoms with Crippen LogP contribution in [0.15, 0.2) is 146 Å². The van der Waals surface area contributed by atoms with Crippen LogP contribution in [-0.2, 0) is 47.8 Å². The minimum atomic E-state index is -1.06. The number of carboxylic acid groups (broad SMARTS) is 1. The fourth-order valence-electron chi connectivity index (χ4n) is 13.7. The molecule has 3 atom stereocenters. The summed E-state index contributed by atoms with van der Waals surface area (Å²) in [5.41, 5.74) is 4.04. The summed E-state index contributed by atoms with van der Waals surface area (Å²) >= 11 is 0. The Kier molecular flexibility index (Phi) is 38.1. The molecule has 0 radical (unpaired) electrons. The van der Waals surface area contributed by atoms with Crippen molar-refractivity contribution in [2.45, 2.75) is 206 Å². The number of hydrogen-bond donors (Lipinski definition) is 5. The van der Waals surface area contributed by atoms with Crippen LogP contribution in [0.4, 0.5) is 44.6 Å². The van der Waals surface area contributed by atoms with Crippen LogP contribution < -0.4 is 36.0 Å². The Morgan fingerprint density at radius 1 is 0.417 bits per heavy atom. The van der Waals surface area contributed by atoms with Crippen molar-refractivity contribution in [3.8, 4) is 0 Å². The van der Waals surface area contributed by atoms with Crippen LogP contribution in [0.3, 0.4) is 0 Å². The Morgan fingerprint density at radius 3 is 0.957 bits per heavy atom. The molecule has 0 aliphatic heterocycles. The number of carbonyl (C=O) groups is 10. The van der Waals surface area contributed by atoms with E-state index < -0.39 is 82.8 Å². The molecule has 0 bridgehead atoms. The molecule has 24 nitrogen and oxygen atoms in total. The Balaban J connectivity index is 0.000000285. The number of aliphatic carboxylic acids is 1. The molecule has 115 heavy (non-hydrogen) atoms. The zero-order chi connectivity index (χ0) is 84.0. The summed E-state index contributed by atoms with van der Waals surface area (Å²) in [6.07, 6.45) is 13.2. The van der Waals surface area contributed by atoms with Crippen LogP contribution >= 0.6 is 12.4 Å². The van der Waals surface area contributed by atoms with Gasteiger partial charge in [-0.3, -0.25) is 48.3 Å². The molecule has 0 aromatic heterocycles. The number of ether oxygens (including phenoxy) is 3. The molecule has 28 heteroatoms. The van der Waals surface area contributed by atoms with Gasteiger partial charge in [0, 0.05) is 56.3 Å². The van der Waals surface area contributed by atoms with Gasteiger partial charge in [-0.25, -0.2) is 27.6 Å². The molecule has 0 spiro atoms. The first-order valence-electron chi connectivity index (χ1n) is 38.8. The lowest BCUT2D eigenvalue weighted by Crippen LogP contribution is -2.50. The smallest absolute Gasteiger partial charge is 0.410 e. The van der Waals surface area contributed by atoms with Gasteiger partial charge >= 0.3 is 24.2 Å². The summed E-state index contributed by atoms with van der Waals surface area (Å²) in [7, 11) is 7.16. The summed E-state index contributed by atoms with van der Waals surface area (Å²) in [5.74, 6) is -4.85. The van der Waals surface area contributed by atoms with Crippen LogP contribution in [0.5, 0.6) is 0 Å². The minimum Gasteiger partial charge on any atom is -0.480 e. The molecule has 0 saturated heterocycles. The highest BCUT2D eigenvalue weighted by atomic mass is 35.5. The Morgan fingerprint density at radius 2 is 0.696 bits per heavy atom. The maximum absolute atomic E-state index is 14.4. The van der Waals surface area contributed by atoms with E-state index >= 15 is 0 Å². The topological polar surface area (TPSA) is 286 Å². The van der Waals surface area contributed by atoms with E-state index in [0.29, 0.717) is 16.8 Å². The standard InChI is InChI=1S/C29H38FN3O4.C26H32FN3O4.C24H30FN3O2.C8H15NO4.ClH/c1-20-12-9-10-17-24(20)26(27(35)31-22-14-7-6-8-15-22)33(23-16-11-13-21(30)18-23)25(34)19-32(5)28(36)37-29(2,3)4;1-18-10-7-8-15-22(18)24(25(32)28-20-12-5-4-6-13-20)30(21-14-9-11-19(27)16-21)23(31)17-29(2)26(33)34-3;1-17-9-6-7-14-21(17)23(24(30)27-19-11-4-3-5-12-19)28(22(29)16-26-2)20-13-8-10-18(25)15-20;1-8(2,3)13-7(12)9(4)5-6(10)11;/h9-13,16-18,22,26H,6-8,14-15,19H2,1-5H3,(H,31,35);7-11,14-16,20,24H,4-6,12-13,17H2,1-3H3,(H,28,32);6-10,13-15,19,23,26H,3-5,11-12,16H2,1-2H3,(H,27,30);5H2,1-4H3,(H,10,11);1H. The summed E-state index contributed by atoms with van der Waals surface area (Å²) in [6.45, 7) is 15.0. The van der Waals surface area contributed by atoms with E-state index in [1.165, 1.54) is 97.9 Å².